The summed E-state index contributed by atoms with van der Waals surface area (Å²) in [6.07, 6.45) is 15.1. The van der Waals surface area contributed by atoms with Crippen molar-refractivity contribution < 1.29 is 14.6 Å². The Morgan fingerprint density at radius 3 is 2.41 bits per heavy atom. The highest BCUT2D eigenvalue weighted by atomic mass is 16.7. The van der Waals surface area contributed by atoms with E-state index in [0.717, 1.165) is 44.8 Å². The summed E-state index contributed by atoms with van der Waals surface area (Å²) in [4.78, 5) is 2.20. The van der Waals surface area contributed by atoms with Crippen molar-refractivity contribution in [2.45, 2.75) is 90.3 Å². The molecular weight excluding hydrogens is 482 g/mol. The van der Waals surface area contributed by atoms with Gasteiger partial charge in [-0.2, -0.15) is 0 Å². The van der Waals surface area contributed by atoms with Crippen LogP contribution in [0.15, 0.2) is 47.6 Å². The van der Waals surface area contributed by atoms with Crippen LogP contribution < -0.4 is 4.90 Å². The lowest BCUT2D eigenvalue weighted by atomic mass is 9.51. The molecule has 4 nitrogen and oxygen atoms in total. The van der Waals surface area contributed by atoms with Crippen molar-refractivity contribution in [1.82, 2.24) is 0 Å². The van der Waals surface area contributed by atoms with Crippen molar-refractivity contribution in [3.63, 3.8) is 0 Å². The van der Waals surface area contributed by atoms with Crippen LogP contribution in [-0.2, 0) is 9.47 Å². The van der Waals surface area contributed by atoms with Crippen molar-refractivity contribution in [2.24, 2.45) is 34.5 Å². The van der Waals surface area contributed by atoms with Crippen molar-refractivity contribution in [2.75, 3.05) is 38.8 Å². The van der Waals surface area contributed by atoms with Crippen molar-refractivity contribution in [3.8, 4) is 0 Å². The maximum Gasteiger partial charge on any atom is 0.169 e. The Morgan fingerprint density at radius 1 is 0.974 bits per heavy atom. The number of fused-ring (bicyclic) bond motifs is 4. The molecule has 39 heavy (non-hydrogen) atoms. The molecule has 1 aromatic carbocycles. The molecular formula is C35H51NO3. The molecule has 0 radical (unpaired) electrons. The van der Waals surface area contributed by atoms with Crippen LogP contribution in [0.1, 0.15) is 90.0 Å². The number of benzene rings is 1. The molecule has 1 saturated heterocycles. The van der Waals surface area contributed by atoms with Gasteiger partial charge in [0.05, 0.1) is 13.2 Å². The SMILES string of the molecule is CN(C)c1ccc([C@H]2C[C@]3(C)[C@H](/C=C\CCO)CC[C@H]3[C@@H]3CC[C@H]4CC5(CCC4=C32)OCC(C)(C)CO5)cc1. The molecule has 4 aliphatic carbocycles. The molecule has 1 heterocycles. The highest BCUT2D eigenvalue weighted by Gasteiger charge is 2.57. The Balaban J connectivity index is 1.36. The van der Waals surface area contributed by atoms with Gasteiger partial charge in [-0.1, -0.05) is 56.2 Å². The standard InChI is InChI=1S/C35H51NO3/c1-33(2)22-38-35(39-23-33)18-17-28-25(20-35)11-15-29-31-16-12-26(8-6-7-19-37)34(31,3)21-30(32(28)29)24-9-13-27(14-10-24)36(4)5/h6,8-10,13-14,25-26,29-31,37H,7,11-12,15-23H2,1-5H3/b8-6-/t25-,26+,29-,30+,31-,34+/m0/s1. The molecule has 4 fully saturated rings. The van der Waals surface area contributed by atoms with Crippen LogP contribution in [0.25, 0.3) is 0 Å². The van der Waals surface area contributed by atoms with Gasteiger partial charge in [-0.15, -0.1) is 0 Å². The predicted molar refractivity (Wildman–Crippen MR) is 159 cm³/mol. The number of rotatable bonds is 5. The van der Waals surface area contributed by atoms with Gasteiger partial charge < -0.3 is 19.5 Å². The third-order valence-electron chi connectivity index (χ3n) is 11.3. The molecule has 0 amide bonds. The van der Waals surface area contributed by atoms with Crippen LogP contribution in [0.2, 0.25) is 0 Å². The van der Waals surface area contributed by atoms with Crippen molar-refractivity contribution in [1.29, 1.82) is 0 Å². The van der Waals surface area contributed by atoms with E-state index in [-0.39, 0.29) is 17.8 Å². The number of hydrogen-bond donors (Lipinski definition) is 1. The largest absolute Gasteiger partial charge is 0.396 e. The molecule has 1 spiro atoms. The molecule has 4 heteroatoms. The first kappa shape index (κ1) is 27.5. The van der Waals surface area contributed by atoms with Crippen LogP contribution in [0, 0.1) is 34.5 Å². The van der Waals surface area contributed by atoms with Crippen molar-refractivity contribution >= 4 is 5.69 Å². The van der Waals surface area contributed by atoms with E-state index in [1.165, 1.54) is 43.4 Å². The molecule has 214 valence electrons. The lowest BCUT2D eigenvalue weighted by Crippen LogP contribution is -2.51. The first-order valence-electron chi connectivity index (χ1n) is 15.7. The maximum absolute atomic E-state index is 9.39. The minimum atomic E-state index is -0.362. The van der Waals surface area contributed by atoms with Crippen LogP contribution in [0.4, 0.5) is 5.69 Å². The van der Waals surface area contributed by atoms with Gasteiger partial charge in [0.15, 0.2) is 5.79 Å². The summed E-state index contributed by atoms with van der Waals surface area (Å²) in [5, 5.41) is 9.39. The monoisotopic (exact) mass is 533 g/mol. The Morgan fingerprint density at radius 2 is 1.72 bits per heavy atom. The number of anilines is 1. The second-order valence-electron chi connectivity index (χ2n) is 14.7. The Hall–Kier alpha value is -1.62. The van der Waals surface area contributed by atoms with E-state index in [1.807, 2.05) is 5.57 Å². The quantitative estimate of drug-likeness (QED) is 0.398. The lowest BCUT2D eigenvalue weighted by Gasteiger charge is -2.55. The molecule has 6 atom stereocenters. The Labute approximate surface area is 236 Å². The van der Waals surface area contributed by atoms with Gasteiger partial charge in [0, 0.05) is 50.6 Å². The third-order valence-corrected chi connectivity index (χ3v) is 11.3. The van der Waals surface area contributed by atoms with E-state index in [1.54, 1.807) is 5.57 Å². The molecule has 5 aliphatic rings. The van der Waals surface area contributed by atoms with E-state index in [0.29, 0.717) is 29.1 Å². The summed E-state index contributed by atoms with van der Waals surface area (Å²) in [7, 11) is 4.26. The van der Waals surface area contributed by atoms with E-state index >= 15 is 0 Å². The molecule has 0 bridgehead atoms. The van der Waals surface area contributed by atoms with E-state index in [4.69, 9.17) is 9.47 Å². The Kier molecular flexibility index (Phi) is 7.30. The van der Waals surface area contributed by atoms with Crippen LogP contribution in [0.3, 0.4) is 0 Å². The molecule has 1 aliphatic heterocycles. The number of nitrogens with zero attached hydrogens (tertiary/aromatic N) is 1. The number of hydrogen-bond acceptors (Lipinski definition) is 4. The number of aliphatic hydroxyl groups is 1. The minimum Gasteiger partial charge on any atom is -0.396 e. The van der Waals surface area contributed by atoms with Gasteiger partial charge in [-0.25, -0.2) is 0 Å². The zero-order valence-corrected chi connectivity index (χ0v) is 25.0. The zero-order valence-electron chi connectivity index (χ0n) is 25.0. The fourth-order valence-electron chi connectivity index (χ4n) is 9.22. The van der Waals surface area contributed by atoms with Gasteiger partial charge in [-0.3, -0.25) is 0 Å². The summed E-state index contributed by atoms with van der Waals surface area (Å²) < 4.78 is 13.1. The van der Waals surface area contributed by atoms with Gasteiger partial charge in [0.1, 0.15) is 0 Å². The first-order valence-corrected chi connectivity index (χ1v) is 15.7. The average Bonchev–Trinajstić information content (AvgIpc) is 3.26. The maximum atomic E-state index is 9.39. The second-order valence-corrected chi connectivity index (χ2v) is 14.7. The van der Waals surface area contributed by atoms with Crippen LogP contribution >= 0.6 is 0 Å². The summed E-state index contributed by atoms with van der Waals surface area (Å²) >= 11 is 0. The highest BCUT2D eigenvalue weighted by molar-refractivity contribution is 5.49. The summed E-state index contributed by atoms with van der Waals surface area (Å²) in [6, 6.07) is 9.48. The van der Waals surface area contributed by atoms with Gasteiger partial charge in [0.25, 0.3) is 0 Å². The van der Waals surface area contributed by atoms with E-state index < -0.39 is 0 Å². The third kappa shape index (κ3) is 4.93. The molecule has 1 N–H and O–H groups in total. The predicted octanol–water partition coefficient (Wildman–Crippen LogP) is 7.49. The second kappa shape index (κ2) is 10.3. The van der Waals surface area contributed by atoms with Crippen LogP contribution in [-0.4, -0.2) is 44.8 Å². The zero-order chi connectivity index (χ0) is 27.4. The number of ether oxygens (including phenoxy) is 2. The smallest absolute Gasteiger partial charge is 0.169 e. The Bertz CT molecular complexity index is 1090. The van der Waals surface area contributed by atoms with Gasteiger partial charge in [0.2, 0.25) is 0 Å². The van der Waals surface area contributed by atoms with Crippen molar-refractivity contribution in [3.05, 3.63) is 53.1 Å². The van der Waals surface area contributed by atoms with Gasteiger partial charge >= 0.3 is 0 Å². The fraction of sp³-hybridized carbons (Fsp3) is 0.714. The van der Waals surface area contributed by atoms with E-state index in [9.17, 15) is 5.11 Å². The molecule has 3 saturated carbocycles. The molecule has 0 unspecified atom stereocenters. The topological polar surface area (TPSA) is 41.9 Å². The van der Waals surface area contributed by atoms with E-state index in [2.05, 4.69) is 76.2 Å². The summed E-state index contributed by atoms with van der Waals surface area (Å²) in [5.41, 5.74) is 6.80. The minimum absolute atomic E-state index is 0.115. The molecule has 1 aromatic rings. The first-order chi connectivity index (χ1) is 18.6. The molecule has 6 rings (SSSR count). The lowest BCUT2D eigenvalue weighted by molar-refractivity contribution is -0.312. The normalized spacial score (nSPS) is 37.0. The number of allylic oxidation sites excluding steroid dienone is 3. The highest BCUT2D eigenvalue weighted by Crippen LogP contribution is 2.66. The number of aliphatic hydroxyl groups excluding tert-OH is 1. The summed E-state index contributed by atoms with van der Waals surface area (Å²) in [6.45, 7) is 8.97. The fourth-order valence-corrected chi connectivity index (χ4v) is 9.22. The average molecular weight is 534 g/mol. The molecule has 0 aromatic heterocycles. The summed E-state index contributed by atoms with van der Waals surface area (Å²) in [5.74, 6) is 2.81. The van der Waals surface area contributed by atoms with Crippen LogP contribution in [0.5, 0.6) is 0 Å². The van der Waals surface area contributed by atoms with Gasteiger partial charge in [-0.05, 0) is 91.7 Å².